The van der Waals surface area contributed by atoms with E-state index in [0.717, 1.165) is 29.3 Å². The molecule has 0 fully saturated rings. The Kier molecular flexibility index (Phi) is 7.15. The molecular formula is C28H26F2N4O3. The first-order chi connectivity index (χ1) is 17.6. The Hall–Kier alpha value is -4.40. The molecule has 0 saturated carbocycles. The van der Waals surface area contributed by atoms with Crippen molar-refractivity contribution in [3.05, 3.63) is 101 Å². The molecule has 1 aliphatic heterocycles. The molecular weight excluding hydrogens is 478 g/mol. The highest BCUT2D eigenvalue weighted by molar-refractivity contribution is 6.20. The molecule has 1 unspecified atom stereocenters. The largest absolute Gasteiger partial charge is 0.351 e. The van der Waals surface area contributed by atoms with Gasteiger partial charge in [0.05, 0.1) is 11.4 Å². The maximum absolute atomic E-state index is 13.5. The van der Waals surface area contributed by atoms with Crippen LogP contribution >= 0.6 is 0 Å². The second-order valence-electron chi connectivity index (χ2n) is 9.22. The predicted molar refractivity (Wildman–Crippen MR) is 136 cm³/mol. The number of benzene rings is 3. The van der Waals surface area contributed by atoms with E-state index in [0.29, 0.717) is 11.4 Å². The number of rotatable bonds is 6. The third kappa shape index (κ3) is 5.40. The van der Waals surface area contributed by atoms with Gasteiger partial charge in [0.25, 0.3) is 5.91 Å². The fourth-order valence-electron chi connectivity index (χ4n) is 3.97. The Morgan fingerprint density at radius 3 is 2.24 bits per heavy atom. The van der Waals surface area contributed by atoms with Crippen LogP contribution in [0.25, 0.3) is 0 Å². The Balaban J connectivity index is 1.58. The molecule has 0 spiro atoms. The van der Waals surface area contributed by atoms with E-state index in [4.69, 9.17) is 0 Å². The number of hydrogen-bond acceptors (Lipinski definition) is 4. The molecule has 9 heteroatoms. The third-order valence-corrected chi connectivity index (χ3v) is 6.17. The average Bonchev–Trinajstić information content (AvgIpc) is 2.98. The summed E-state index contributed by atoms with van der Waals surface area (Å²) in [5.41, 5.74) is 1.22. The Morgan fingerprint density at radius 2 is 1.57 bits per heavy atom. The predicted octanol–water partition coefficient (Wildman–Crippen LogP) is 3.56. The molecule has 190 valence electrons. The van der Waals surface area contributed by atoms with E-state index in [1.54, 1.807) is 13.1 Å². The molecule has 0 saturated heterocycles. The fraction of sp³-hybridized carbons (Fsp3) is 0.214. The summed E-state index contributed by atoms with van der Waals surface area (Å²) in [5.74, 6) is -3.43. The van der Waals surface area contributed by atoms with E-state index in [1.165, 1.54) is 18.7 Å². The average molecular weight is 505 g/mol. The maximum atomic E-state index is 13.5. The van der Waals surface area contributed by atoms with Crippen LogP contribution in [0.4, 0.5) is 14.5 Å². The number of amides is 3. The Bertz CT molecular complexity index is 1370. The van der Waals surface area contributed by atoms with E-state index in [1.807, 2.05) is 48.5 Å². The molecule has 1 atom stereocenters. The summed E-state index contributed by atoms with van der Waals surface area (Å²) in [6.07, 6.45) is -1.29. The van der Waals surface area contributed by atoms with E-state index in [-0.39, 0.29) is 12.1 Å². The van der Waals surface area contributed by atoms with Crippen molar-refractivity contribution in [3.8, 4) is 0 Å². The number of likely N-dealkylation sites (N-methyl/N-ethyl adjacent to an activating group) is 1. The van der Waals surface area contributed by atoms with Crippen molar-refractivity contribution in [2.75, 3.05) is 11.9 Å². The Labute approximate surface area is 213 Å². The maximum Gasteiger partial charge on any atom is 0.272 e. The lowest BCUT2D eigenvalue weighted by Crippen LogP contribution is -2.53. The first-order valence-electron chi connectivity index (χ1n) is 11.6. The van der Waals surface area contributed by atoms with Crippen molar-refractivity contribution in [2.24, 2.45) is 10.4 Å². The number of carbonyl (C=O) groups is 3. The minimum atomic E-state index is -1.62. The van der Waals surface area contributed by atoms with E-state index >= 15 is 0 Å². The number of anilines is 1. The van der Waals surface area contributed by atoms with Crippen LogP contribution in [0.3, 0.4) is 0 Å². The minimum absolute atomic E-state index is 0.180. The van der Waals surface area contributed by atoms with Crippen LogP contribution in [0.2, 0.25) is 0 Å². The third-order valence-electron chi connectivity index (χ3n) is 6.17. The number of para-hydroxylation sites is 1. The van der Waals surface area contributed by atoms with Crippen molar-refractivity contribution in [3.63, 3.8) is 0 Å². The van der Waals surface area contributed by atoms with Gasteiger partial charge in [0.15, 0.2) is 0 Å². The molecule has 4 rings (SSSR count). The molecule has 2 N–H and O–H groups in total. The van der Waals surface area contributed by atoms with Crippen LogP contribution in [0, 0.1) is 17.0 Å². The van der Waals surface area contributed by atoms with E-state index in [9.17, 15) is 23.2 Å². The second-order valence-corrected chi connectivity index (χ2v) is 9.22. The first-order valence-corrected chi connectivity index (χ1v) is 11.6. The van der Waals surface area contributed by atoms with Crippen molar-refractivity contribution < 1.29 is 23.2 Å². The summed E-state index contributed by atoms with van der Waals surface area (Å²) in [7, 11) is 1.60. The van der Waals surface area contributed by atoms with Crippen LogP contribution in [0.15, 0.2) is 77.8 Å². The van der Waals surface area contributed by atoms with Gasteiger partial charge in [-0.3, -0.25) is 14.4 Å². The van der Waals surface area contributed by atoms with Gasteiger partial charge in [-0.15, -0.1) is 0 Å². The summed E-state index contributed by atoms with van der Waals surface area (Å²) in [4.78, 5) is 45.5. The molecule has 0 aliphatic carbocycles. The van der Waals surface area contributed by atoms with Gasteiger partial charge in [0.2, 0.25) is 18.0 Å². The quantitative estimate of drug-likeness (QED) is 0.503. The fourth-order valence-corrected chi connectivity index (χ4v) is 3.97. The zero-order chi connectivity index (χ0) is 26.7. The number of hydrogen-bond donors (Lipinski definition) is 2. The first kappa shape index (κ1) is 25.7. The van der Waals surface area contributed by atoms with Gasteiger partial charge in [-0.1, -0.05) is 48.5 Å². The summed E-state index contributed by atoms with van der Waals surface area (Å²) < 4.78 is 26.9. The zero-order valence-corrected chi connectivity index (χ0v) is 20.6. The number of fused-ring (bicyclic) bond motifs is 1. The molecule has 0 radical (unpaired) electrons. The van der Waals surface area contributed by atoms with Crippen molar-refractivity contribution in [1.29, 1.82) is 0 Å². The summed E-state index contributed by atoms with van der Waals surface area (Å²) >= 11 is 0. The molecule has 3 amide bonds. The van der Waals surface area contributed by atoms with Crippen molar-refractivity contribution in [2.45, 2.75) is 26.6 Å². The molecule has 0 aromatic heterocycles. The van der Waals surface area contributed by atoms with Crippen LogP contribution in [0.1, 0.15) is 30.5 Å². The molecule has 1 aliphatic rings. The topological polar surface area (TPSA) is 90.9 Å². The highest BCUT2D eigenvalue weighted by Gasteiger charge is 2.39. The molecule has 0 bridgehead atoms. The monoisotopic (exact) mass is 504 g/mol. The number of carbonyl (C=O) groups excluding carboxylic acids is 3. The smallest absolute Gasteiger partial charge is 0.272 e. The van der Waals surface area contributed by atoms with Gasteiger partial charge >= 0.3 is 0 Å². The normalized spacial score (nSPS) is 15.4. The number of benzodiazepines with no additional fused rings is 1. The van der Waals surface area contributed by atoms with Crippen LogP contribution in [-0.2, 0) is 20.9 Å². The summed E-state index contributed by atoms with van der Waals surface area (Å²) in [5, 5.41) is 5.14. The summed E-state index contributed by atoms with van der Waals surface area (Å²) in [6, 6.07) is 19.5. The minimum Gasteiger partial charge on any atom is -0.351 e. The van der Waals surface area contributed by atoms with Crippen LogP contribution < -0.4 is 15.5 Å². The van der Waals surface area contributed by atoms with Gasteiger partial charge < -0.3 is 15.5 Å². The van der Waals surface area contributed by atoms with Gasteiger partial charge in [0.1, 0.15) is 17.0 Å². The molecule has 37 heavy (non-hydrogen) atoms. The van der Waals surface area contributed by atoms with Crippen molar-refractivity contribution in [1.82, 2.24) is 10.6 Å². The lowest BCUT2D eigenvalue weighted by atomic mass is 9.90. The molecule has 1 heterocycles. The lowest BCUT2D eigenvalue weighted by molar-refractivity contribution is -0.143. The molecule has 7 nitrogen and oxygen atoms in total. The Morgan fingerprint density at radius 1 is 0.946 bits per heavy atom. The highest BCUT2D eigenvalue weighted by Crippen LogP contribution is 2.27. The standard InChI is InChI=1S/C28H26F2N4O3/c1-28(2,26(36)31-16-17-13-19(29)15-20(30)14-17)27(37)33-24-25(35)34(3)22-12-8-7-11-21(22)23(32-24)18-9-5-4-6-10-18/h4-15,24H,16H2,1-3H3,(H,31,36)(H,33,37). The number of aliphatic imine (C=N–C) groups is 1. The lowest BCUT2D eigenvalue weighted by Gasteiger charge is -2.26. The van der Waals surface area contributed by atoms with Gasteiger partial charge in [0, 0.05) is 30.8 Å². The van der Waals surface area contributed by atoms with Gasteiger partial charge in [-0.2, -0.15) is 0 Å². The number of halogens is 2. The van der Waals surface area contributed by atoms with E-state index in [2.05, 4.69) is 15.6 Å². The van der Waals surface area contributed by atoms with Gasteiger partial charge in [-0.25, -0.2) is 13.8 Å². The van der Waals surface area contributed by atoms with Crippen LogP contribution in [-0.4, -0.2) is 36.6 Å². The number of nitrogens with one attached hydrogen (secondary N) is 2. The molecule has 3 aromatic carbocycles. The number of nitrogens with zero attached hydrogens (tertiary/aromatic N) is 2. The van der Waals surface area contributed by atoms with Crippen LogP contribution in [0.5, 0.6) is 0 Å². The summed E-state index contributed by atoms with van der Waals surface area (Å²) in [6.45, 7) is 2.61. The molecule has 3 aromatic rings. The van der Waals surface area contributed by atoms with E-state index < -0.39 is 40.9 Å². The zero-order valence-electron chi connectivity index (χ0n) is 20.6. The van der Waals surface area contributed by atoms with Gasteiger partial charge in [-0.05, 0) is 37.6 Å². The van der Waals surface area contributed by atoms with Crippen molar-refractivity contribution >= 4 is 29.1 Å². The SMILES string of the molecule is CN1C(=O)C(NC(=O)C(C)(C)C(=O)NCc2cc(F)cc(F)c2)N=C(c2ccccc2)c2ccccc21. The second kappa shape index (κ2) is 10.3. The highest BCUT2D eigenvalue weighted by atomic mass is 19.1.